The smallest absolute Gasteiger partial charge is 0.271 e. The van der Waals surface area contributed by atoms with Gasteiger partial charge in [-0.2, -0.15) is 0 Å². The van der Waals surface area contributed by atoms with Gasteiger partial charge in [-0.05, 0) is 48.9 Å². The van der Waals surface area contributed by atoms with E-state index in [1.165, 1.54) is 48.7 Å². The van der Waals surface area contributed by atoms with E-state index in [1.807, 2.05) is 0 Å². The number of nitrogens with zero attached hydrogens (tertiary/aromatic N) is 1. The maximum atomic E-state index is 12.4. The Kier molecular flexibility index (Phi) is 5.76. The number of nitro benzene ring substituents is 1. The largest absolute Gasteiger partial charge is 0.468 e. The number of nitrogens with one attached hydrogen (secondary N) is 2. The van der Waals surface area contributed by atoms with E-state index in [0.717, 1.165) is 0 Å². The lowest BCUT2D eigenvalue weighted by Gasteiger charge is -2.09. The van der Waals surface area contributed by atoms with Crippen LogP contribution >= 0.6 is 0 Å². The SMILES string of the molecule is Cc1ccc([N+](=O)[O-])cc1NC(=O)c1ccc(S(=O)(=O)NCc2ccco2)cc1. The quantitative estimate of drug-likeness (QED) is 0.450. The van der Waals surface area contributed by atoms with Crippen molar-refractivity contribution in [2.45, 2.75) is 18.4 Å². The van der Waals surface area contributed by atoms with Crippen molar-refractivity contribution in [3.63, 3.8) is 0 Å². The summed E-state index contributed by atoms with van der Waals surface area (Å²) in [4.78, 5) is 22.8. The summed E-state index contributed by atoms with van der Waals surface area (Å²) >= 11 is 0. The zero-order valence-electron chi connectivity index (χ0n) is 15.3. The number of benzene rings is 2. The molecule has 0 aliphatic carbocycles. The molecule has 2 aromatic carbocycles. The Morgan fingerprint density at radius 2 is 1.86 bits per heavy atom. The first kappa shape index (κ1) is 20.2. The molecule has 0 bridgehead atoms. The Morgan fingerprint density at radius 1 is 1.14 bits per heavy atom. The minimum Gasteiger partial charge on any atom is -0.468 e. The van der Waals surface area contributed by atoms with E-state index in [9.17, 15) is 23.3 Å². The topological polar surface area (TPSA) is 132 Å². The summed E-state index contributed by atoms with van der Waals surface area (Å²) in [6.45, 7) is 1.71. The second-order valence-electron chi connectivity index (χ2n) is 6.14. The summed E-state index contributed by atoms with van der Waals surface area (Å²) in [7, 11) is -3.78. The maximum Gasteiger partial charge on any atom is 0.271 e. The summed E-state index contributed by atoms with van der Waals surface area (Å²) in [6.07, 6.45) is 1.44. The van der Waals surface area contributed by atoms with Crippen LogP contribution in [0.1, 0.15) is 21.7 Å². The van der Waals surface area contributed by atoms with Crippen molar-refractivity contribution >= 4 is 27.3 Å². The summed E-state index contributed by atoms with van der Waals surface area (Å²) in [6, 6.07) is 12.8. The first-order chi connectivity index (χ1) is 13.8. The van der Waals surface area contributed by atoms with Crippen molar-refractivity contribution in [3.05, 3.63) is 87.9 Å². The van der Waals surface area contributed by atoms with Gasteiger partial charge >= 0.3 is 0 Å². The molecule has 0 spiro atoms. The zero-order valence-corrected chi connectivity index (χ0v) is 16.1. The molecule has 0 fully saturated rings. The molecule has 150 valence electrons. The third-order valence-electron chi connectivity index (χ3n) is 4.12. The molecule has 9 nitrogen and oxygen atoms in total. The van der Waals surface area contributed by atoms with Gasteiger partial charge in [0, 0.05) is 17.7 Å². The Balaban J connectivity index is 1.72. The first-order valence-corrected chi connectivity index (χ1v) is 9.93. The van der Waals surface area contributed by atoms with Crippen molar-refractivity contribution in [2.75, 3.05) is 5.32 Å². The van der Waals surface area contributed by atoms with Crippen LogP contribution in [-0.2, 0) is 16.6 Å². The lowest BCUT2D eigenvalue weighted by molar-refractivity contribution is -0.384. The lowest BCUT2D eigenvalue weighted by atomic mass is 10.1. The predicted molar refractivity (Wildman–Crippen MR) is 105 cm³/mol. The van der Waals surface area contributed by atoms with Gasteiger partial charge in [0.2, 0.25) is 10.0 Å². The predicted octanol–water partition coefficient (Wildman–Crippen LogP) is 3.23. The summed E-state index contributed by atoms with van der Waals surface area (Å²) in [5.41, 5.74) is 1.03. The standard InChI is InChI=1S/C19H17N3O6S/c1-13-4-7-15(22(24)25)11-18(13)21-19(23)14-5-8-17(9-6-14)29(26,27)20-12-16-3-2-10-28-16/h2-11,20H,12H2,1H3,(H,21,23). The normalized spacial score (nSPS) is 11.2. The number of anilines is 1. The van der Waals surface area contributed by atoms with E-state index in [1.54, 1.807) is 19.1 Å². The number of carbonyl (C=O) groups excluding carboxylic acids is 1. The van der Waals surface area contributed by atoms with Crippen LogP contribution in [0.15, 0.2) is 70.2 Å². The van der Waals surface area contributed by atoms with Gasteiger partial charge in [0.1, 0.15) is 5.76 Å². The monoisotopic (exact) mass is 415 g/mol. The van der Waals surface area contributed by atoms with Crippen LogP contribution in [0.2, 0.25) is 0 Å². The van der Waals surface area contributed by atoms with E-state index >= 15 is 0 Å². The average molecular weight is 415 g/mol. The summed E-state index contributed by atoms with van der Waals surface area (Å²) in [5, 5.41) is 13.5. The van der Waals surface area contributed by atoms with Gasteiger partial charge < -0.3 is 9.73 Å². The Bertz CT molecular complexity index is 1140. The number of carbonyl (C=O) groups is 1. The molecule has 1 heterocycles. The molecule has 1 amide bonds. The van der Waals surface area contributed by atoms with Gasteiger partial charge in [-0.25, -0.2) is 13.1 Å². The third kappa shape index (κ3) is 4.86. The fourth-order valence-electron chi connectivity index (χ4n) is 2.50. The maximum absolute atomic E-state index is 12.4. The van der Waals surface area contributed by atoms with Gasteiger partial charge in [-0.15, -0.1) is 0 Å². The highest BCUT2D eigenvalue weighted by Gasteiger charge is 2.16. The van der Waals surface area contributed by atoms with Crippen LogP contribution in [0, 0.1) is 17.0 Å². The molecule has 29 heavy (non-hydrogen) atoms. The molecule has 0 atom stereocenters. The molecular weight excluding hydrogens is 398 g/mol. The first-order valence-electron chi connectivity index (χ1n) is 8.45. The van der Waals surface area contributed by atoms with Gasteiger partial charge in [0.05, 0.1) is 28.3 Å². The molecule has 3 rings (SSSR count). The number of hydrogen-bond donors (Lipinski definition) is 2. The van der Waals surface area contributed by atoms with Gasteiger partial charge in [-0.1, -0.05) is 6.07 Å². The van der Waals surface area contributed by atoms with E-state index in [2.05, 4.69) is 10.0 Å². The molecule has 0 saturated heterocycles. The fourth-order valence-corrected chi connectivity index (χ4v) is 3.49. The highest BCUT2D eigenvalue weighted by Crippen LogP contribution is 2.22. The molecule has 0 radical (unpaired) electrons. The number of hydrogen-bond acceptors (Lipinski definition) is 6. The van der Waals surface area contributed by atoms with E-state index < -0.39 is 20.9 Å². The second-order valence-corrected chi connectivity index (χ2v) is 7.91. The third-order valence-corrected chi connectivity index (χ3v) is 5.54. The lowest BCUT2D eigenvalue weighted by Crippen LogP contribution is -2.23. The van der Waals surface area contributed by atoms with Crippen molar-refractivity contribution in [3.8, 4) is 0 Å². The number of sulfonamides is 1. The molecule has 1 aromatic heterocycles. The number of non-ortho nitro benzene ring substituents is 1. The van der Waals surface area contributed by atoms with Crippen molar-refractivity contribution in [1.29, 1.82) is 0 Å². The molecule has 0 saturated carbocycles. The number of amides is 1. The van der Waals surface area contributed by atoms with Crippen LogP contribution < -0.4 is 10.0 Å². The molecular formula is C19H17N3O6S. The van der Waals surface area contributed by atoms with Gasteiger partial charge in [0.25, 0.3) is 11.6 Å². The van der Waals surface area contributed by atoms with Crippen LogP contribution in [0.25, 0.3) is 0 Å². The minimum atomic E-state index is -3.78. The van der Waals surface area contributed by atoms with Crippen LogP contribution in [0.5, 0.6) is 0 Å². The highest BCUT2D eigenvalue weighted by atomic mass is 32.2. The van der Waals surface area contributed by atoms with Gasteiger partial charge in [-0.3, -0.25) is 14.9 Å². The Labute approximate surface area is 166 Å². The van der Waals surface area contributed by atoms with Crippen molar-refractivity contribution in [2.24, 2.45) is 0 Å². The number of furan rings is 1. The Hall–Kier alpha value is -3.50. The van der Waals surface area contributed by atoms with Crippen LogP contribution in [-0.4, -0.2) is 19.2 Å². The molecule has 2 N–H and O–H groups in total. The average Bonchev–Trinajstić information content (AvgIpc) is 3.22. The molecule has 0 unspecified atom stereocenters. The second kappa shape index (κ2) is 8.25. The van der Waals surface area contributed by atoms with E-state index in [0.29, 0.717) is 17.0 Å². The fraction of sp³-hybridized carbons (Fsp3) is 0.105. The van der Waals surface area contributed by atoms with E-state index in [-0.39, 0.29) is 22.7 Å². The molecule has 10 heteroatoms. The number of aryl methyl sites for hydroxylation is 1. The molecule has 0 aliphatic heterocycles. The van der Waals surface area contributed by atoms with Crippen LogP contribution in [0.4, 0.5) is 11.4 Å². The number of rotatable bonds is 7. The van der Waals surface area contributed by atoms with Crippen molar-refractivity contribution in [1.82, 2.24) is 4.72 Å². The Morgan fingerprint density at radius 3 is 2.48 bits per heavy atom. The molecule has 0 aliphatic rings. The molecule has 3 aromatic rings. The van der Waals surface area contributed by atoms with E-state index in [4.69, 9.17) is 4.42 Å². The van der Waals surface area contributed by atoms with Gasteiger partial charge in [0.15, 0.2) is 0 Å². The summed E-state index contributed by atoms with van der Waals surface area (Å²) in [5.74, 6) is -0.0435. The highest BCUT2D eigenvalue weighted by molar-refractivity contribution is 7.89. The van der Waals surface area contributed by atoms with Crippen LogP contribution in [0.3, 0.4) is 0 Å². The van der Waals surface area contributed by atoms with Crippen molar-refractivity contribution < 1.29 is 22.6 Å². The zero-order chi connectivity index (χ0) is 21.0. The minimum absolute atomic E-state index is 0.00361. The summed E-state index contributed by atoms with van der Waals surface area (Å²) < 4.78 is 32.1. The number of nitro groups is 1.